The number of para-hydroxylation sites is 2. The molecule has 0 aromatic heterocycles. The second kappa shape index (κ2) is 11.4. The number of carbonyl (C=O) groups excluding carboxylic acids is 2. The summed E-state index contributed by atoms with van der Waals surface area (Å²) in [5, 5.41) is 3.03. The van der Waals surface area contributed by atoms with Gasteiger partial charge in [-0.3, -0.25) is 9.59 Å². The molecule has 0 spiro atoms. The average molecular weight is 459 g/mol. The monoisotopic (exact) mass is 458 g/mol. The highest BCUT2D eigenvalue weighted by Gasteiger charge is 2.24. The summed E-state index contributed by atoms with van der Waals surface area (Å²) < 4.78 is 11.6. The van der Waals surface area contributed by atoms with E-state index in [1.807, 2.05) is 84.6 Å². The minimum atomic E-state index is -0.179. The van der Waals surface area contributed by atoms with Crippen LogP contribution in [0.3, 0.4) is 0 Å². The Morgan fingerprint density at radius 2 is 1.47 bits per heavy atom. The van der Waals surface area contributed by atoms with Gasteiger partial charge in [0.1, 0.15) is 6.61 Å². The zero-order valence-corrected chi connectivity index (χ0v) is 19.4. The second-order valence-corrected chi connectivity index (χ2v) is 8.51. The van der Waals surface area contributed by atoms with Crippen molar-refractivity contribution in [2.45, 2.75) is 32.4 Å². The Kier molecular flexibility index (Phi) is 7.81. The molecule has 6 heteroatoms. The molecule has 1 heterocycles. The molecule has 0 bridgehead atoms. The smallest absolute Gasteiger partial charge is 0.258 e. The Bertz CT molecular complexity index is 1090. The van der Waals surface area contributed by atoms with Crippen LogP contribution in [0.1, 0.15) is 34.3 Å². The number of piperidine rings is 1. The number of carbonyl (C=O) groups is 2. The van der Waals surface area contributed by atoms with Crippen LogP contribution in [0.2, 0.25) is 0 Å². The van der Waals surface area contributed by atoms with E-state index in [-0.39, 0.29) is 24.5 Å². The summed E-state index contributed by atoms with van der Waals surface area (Å²) in [5.41, 5.74) is 2.89. The highest BCUT2D eigenvalue weighted by Crippen LogP contribution is 2.27. The summed E-state index contributed by atoms with van der Waals surface area (Å²) in [5.74, 6) is 0.996. The number of likely N-dealkylation sites (tertiary alicyclic amines) is 1. The first kappa shape index (κ1) is 23.4. The number of nitrogens with zero attached hydrogens (tertiary/aromatic N) is 1. The van der Waals surface area contributed by atoms with Gasteiger partial charge in [0, 0.05) is 24.7 Å². The molecule has 0 atom stereocenters. The normalized spacial score (nSPS) is 13.9. The first-order chi connectivity index (χ1) is 16.6. The highest BCUT2D eigenvalue weighted by molar-refractivity contribution is 5.94. The van der Waals surface area contributed by atoms with E-state index < -0.39 is 0 Å². The van der Waals surface area contributed by atoms with Gasteiger partial charge in [-0.15, -0.1) is 0 Å². The van der Waals surface area contributed by atoms with Crippen molar-refractivity contribution in [3.05, 3.63) is 95.6 Å². The lowest BCUT2D eigenvalue weighted by Gasteiger charge is -2.32. The van der Waals surface area contributed by atoms with Crippen LogP contribution >= 0.6 is 0 Å². The zero-order valence-electron chi connectivity index (χ0n) is 19.4. The standard InChI is InChI=1S/C28H30N2O4/c1-21-11-13-23(14-12-21)28(32)30-17-15-24(16-18-30)29-27(31)20-34-26-10-6-5-9-25(26)33-19-22-7-3-2-4-8-22/h2-14,24H,15-20H2,1H3,(H,29,31). The van der Waals surface area contributed by atoms with Crippen molar-refractivity contribution in [1.82, 2.24) is 10.2 Å². The Morgan fingerprint density at radius 3 is 2.15 bits per heavy atom. The third-order valence-electron chi connectivity index (χ3n) is 5.89. The Hall–Kier alpha value is -3.80. The van der Waals surface area contributed by atoms with Gasteiger partial charge in [-0.2, -0.15) is 0 Å². The number of amides is 2. The Morgan fingerprint density at radius 1 is 0.853 bits per heavy atom. The number of hydrogen-bond donors (Lipinski definition) is 1. The van der Waals surface area contributed by atoms with Gasteiger partial charge < -0.3 is 19.7 Å². The Labute approximate surface area is 200 Å². The molecular weight excluding hydrogens is 428 g/mol. The maximum atomic E-state index is 12.7. The molecule has 2 amide bonds. The largest absolute Gasteiger partial charge is 0.485 e. The summed E-state index contributed by atoms with van der Waals surface area (Å²) in [4.78, 5) is 27.0. The summed E-state index contributed by atoms with van der Waals surface area (Å²) in [6.07, 6.45) is 1.44. The van der Waals surface area contributed by atoms with Crippen molar-refractivity contribution >= 4 is 11.8 Å². The predicted octanol–water partition coefficient (Wildman–Crippen LogP) is 4.37. The fourth-order valence-electron chi connectivity index (χ4n) is 3.94. The van der Waals surface area contributed by atoms with E-state index in [9.17, 15) is 9.59 Å². The fourth-order valence-corrected chi connectivity index (χ4v) is 3.94. The van der Waals surface area contributed by atoms with Crippen molar-refractivity contribution < 1.29 is 19.1 Å². The molecule has 4 rings (SSSR count). The first-order valence-corrected chi connectivity index (χ1v) is 11.6. The molecule has 3 aromatic carbocycles. The molecule has 6 nitrogen and oxygen atoms in total. The SMILES string of the molecule is Cc1ccc(C(=O)N2CCC(NC(=O)COc3ccccc3OCc3ccccc3)CC2)cc1. The number of hydrogen-bond acceptors (Lipinski definition) is 4. The molecule has 1 N–H and O–H groups in total. The van der Waals surface area contributed by atoms with Crippen LogP contribution in [0, 0.1) is 6.92 Å². The number of rotatable bonds is 8. The molecule has 0 saturated carbocycles. The van der Waals surface area contributed by atoms with Gasteiger partial charge in [0.15, 0.2) is 18.1 Å². The predicted molar refractivity (Wildman–Crippen MR) is 131 cm³/mol. The summed E-state index contributed by atoms with van der Waals surface area (Å²) in [6.45, 7) is 3.58. The van der Waals surface area contributed by atoms with Gasteiger partial charge in [-0.25, -0.2) is 0 Å². The maximum Gasteiger partial charge on any atom is 0.258 e. The van der Waals surface area contributed by atoms with E-state index in [4.69, 9.17) is 9.47 Å². The van der Waals surface area contributed by atoms with Crippen LogP contribution in [0.25, 0.3) is 0 Å². The number of nitrogens with one attached hydrogen (secondary N) is 1. The lowest BCUT2D eigenvalue weighted by atomic mass is 10.0. The van der Waals surface area contributed by atoms with E-state index in [2.05, 4.69) is 5.32 Å². The van der Waals surface area contributed by atoms with Crippen molar-refractivity contribution in [3.63, 3.8) is 0 Å². The van der Waals surface area contributed by atoms with Gasteiger partial charge in [-0.05, 0) is 49.6 Å². The fraction of sp³-hybridized carbons (Fsp3) is 0.286. The van der Waals surface area contributed by atoms with Crippen molar-refractivity contribution in [1.29, 1.82) is 0 Å². The van der Waals surface area contributed by atoms with Gasteiger partial charge in [0.25, 0.3) is 11.8 Å². The second-order valence-electron chi connectivity index (χ2n) is 8.51. The molecule has 0 radical (unpaired) electrons. The van der Waals surface area contributed by atoms with Crippen LogP contribution in [-0.4, -0.2) is 42.5 Å². The third-order valence-corrected chi connectivity index (χ3v) is 5.89. The van der Waals surface area contributed by atoms with Crippen molar-refractivity contribution in [2.75, 3.05) is 19.7 Å². The minimum absolute atomic E-state index is 0.0303. The lowest BCUT2D eigenvalue weighted by molar-refractivity contribution is -0.124. The molecule has 0 unspecified atom stereocenters. The van der Waals surface area contributed by atoms with Crippen LogP contribution in [0.5, 0.6) is 11.5 Å². The van der Waals surface area contributed by atoms with Crippen LogP contribution < -0.4 is 14.8 Å². The van der Waals surface area contributed by atoms with E-state index in [1.54, 1.807) is 6.07 Å². The zero-order chi connectivity index (χ0) is 23.8. The van der Waals surface area contributed by atoms with Crippen LogP contribution in [0.15, 0.2) is 78.9 Å². The van der Waals surface area contributed by atoms with E-state index in [0.29, 0.717) is 36.8 Å². The van der Waals surface area contributed by atoms with Crippen LogP contribution in [0.4, 0.5) is 0 Å². The van der Waals surface area contributed by atoms with E-state index in [1.165, 1.54) is 0 Å². The quantitative estimate of drug-likeness (QED) is 0.544. The van der Waals surface area contributed by atoms with E-state index >= 15 is 0 Å². The molecule has 34 heavy (non-hydrogen) atoms. The highest BCUT2D eigenvalue weighted by atomic mass is 16.5. The van der Waals surface area contributed by atoms with Crippen molar-refractivity contribution in [2.24, 2.45) is 0 Å². The molecule has 1 fully saturated rings. The van der Waals surface area contributed by atoms with Gasteiger partial charge >= 0.3 is 0 Å². The summed E-state index contributed by atoms with van der Waals surface area (Å²) >= 11 is 0. The molecule has 0 aliphatic carbocycles. The topological polar surface area (TPSA) is 67.9 Å². The average Bonchev–Trinajstić information content (AvgIpc) is 2.88. The Balaban J connectivity index is 1.22. The first-order valence-electron chi connectivity index (χ1n) is 11.6. The molecule has 1 saturated heterocycles. The summed E-state index contributed by atoms with van der Waals surface area (Å²) in [7, 11) is 0. The minimum Gasteiger partial charge on any atom is -0.485 e. The lowest BCUT2D eigenvalue weighted by Crippen LogP contribution is -2.47. The van der Waals surface area contributed by atoms with Crippen molar-refractivity contribution in [3.8, 4) is 11.5 Å². The van der Waals surface area contributed by atoms with E-state index in [0.717, 1.165) is 24.0 Å². The maximum absolute atomic E-state index is 12.7. The number of benzene rings is 3. The van der Waals surface area contributed by atoms with Crippen LogP contribution in [-0.2, 0) is 11.4 Å². The molecule has 1 aliphatic rings. The molecule has 1 aliphatic heterocycles. The number of ether oxygens (including phenoxy) is 2. The molecular formula is C28H30N2O4. The molecule has 176 valence electrons. The molecule has 3 aromatic rings. The van der Waals surface area contributed by atoms with Gasteiger partial charge in [-0.1, -0.05) is 60.2 Å². The van der Waals surface area contributed by atoms with Gasteiger partial charge in [0.2, 0.25) is 0 Å². The summed E-state index contributed by atoms with van der Waals surface area (Å²) in [6, 6.07) is 24.9. The number of aryl methyl sites for hydroxylation is 1. The third kappa shape index (κ3) is 6.38. The van der Waals surface area contributed by atoms with Gasteiger partial charge in [0.05, 0.1) is 0 Å².